The fourth-order valence-corrected chi connectivity index (χ4v) is 6.85. The smallest absolute Gasteiger partial charge is 0.337 e. The molecule has 0 aliphatic carbocycles. The number of piperazine rings is 1. The Hall–Kier alpha value is -3.35. The molecule has 0 bridgehead atoms. The maximum absolute atomic E-state index is 14.1. The first-order chi connectivity index (χ1) is 20.5. The Bertz CT molecular complexity index is 1380. The second-order valence-corrected chi connectivity index (χ2v) is 12.1. The van der Waals surface area contributed by atoms with Gasteiger partial charge in [-0.1, -0.05) is 6.07 Å². The molecule has 2 aromatic carbocycles. The molecule has 0 N–H and O–H groups in total. The van der Waals surface area contributed by atoms with E-state index in [1.54, 1.807) is 17.9 Å². The summed E-state index contributed by atoms with van der Waals surface area (Å²) in [5.41, 5.74) is -1.84. The van der Waals surface area contributed by atoms with Gasteiger partial charge in [0.15, 0.2) is 0 Å². The van der Waals surface area contributed by atoms with Gasteiger partial charge in [-0.15, -0.1) is 0 Å². The highest BCUT2D eigenvalue weighted by Gasteiger charge is 2.43. The molecule has 3 saturated heterocycles. The lowest BCUT2D eigenvalue weighted by molar-refractivity contribution is -0.143. The van der Waals surface area contributed by atoms with Crippen LogP contribution in [0.4, 0.5) is 35.5 Å². The number of fused-ring (bicyclic) bond motifs is 1. The van der Waals surface area contributed by atoms with E-state index in [1.807, 2.05) is 4.90 Å². The summed E-state index contributed by atoms with van der Waals surface area (Å²) < 4.78 is 95.2. The van der Waals surface area contributed by atoms with Crippen LogP contribution in [0.25, 0.3) is 0 Å². The highest BCUT2D eigenvalue weighted by Crippen LogP contribution is 2.40. The number of alkyl halides is 6. The van der Waals surface area contributed by atoms with Crippen molar-refractivity contribution in [2.45, 2.75) is 76.1 Å². The topological polar surface area (TPSA) is 47.1 Å². The normalized spacial score (nSPS) is 24.0. The molecule has 3 heterocycles. The Balaban J connectivity index is 1.42. The Morgan fingerprint density at radius 1 is 0.932 bits per heavy atom. The summed E-state index contributed by atoms with van der Waals surface area (Å²) in [7, 11) is 1.36. The molecular formula is C31H35F7N4O2. The van der Waals surface area contributed by atoms with Crippen molar-refractivity contribution in [2.24, 2.45) is 0 Å². The number of rotatable bonds is 4. The first-order valence-corrected chi connectivity index (χ1v) is 14.7. The minimum atomic E-state index is -5.01. The number of amides is 3. The number of nitrogens with zero attached hydrogens (tertiary/aromatic N) is 4. The molecule has 0 spiro atoms. The SMILES string of the molecule is Cc1cc(F)ccc1[C@H]1C[C@H](N2CCN3C(=O)CC[C@@H]3C2)CCN1C(=O)N(C)[C@H](C)c1cc(C(F)(F)F)cc(C(F)(F)F)c1. The van der Waals surface area contributed by atoms with Crippen molar-refractivity contribution < 1.29 is 40.3 Å². The number of likely N-dealkylation sites (tertiary alicyclic amines) is 1. The molecule has 13 heteroatoms. The predicted molar refractivity (Wildman–Crippen MR) is 148 cm³/mol. The molecule has 5 rings (SSSR count). The monoisotopic (exact) mass is 628 g/mol. The van der Waals surface area contributed by atoms with Crippen LogP contribution >= 0.6 is 0 Å². The van der Waals surface area contributed by atoms with E-state index >= 15 is 0 Å². The fraction of sp³-hybridized carbons (Fsp3) is 0.548. The zero-order valence-electron chi connectivity index (χ0n) is 24.7. The molecule has 4 atom stereocenters. The third-order valence-electron chi connectivity index (χ3n) is 9.43. The summed E-state index contributed by atoms with van der Waals surface area (Å²) in [5.74, 6) is -0.274. The molecule has 0 saturated carbocycles. The van der Waals surface area contributed by atoms with Crippen molar-refractivity contribution in [3.8, 4) is 0 Å². The van der Waals surface area contributed by atoms with Gasteiger partial charge in [-0.25, -0.2) is 9.18 Å². The van der Waals surface area contributed by atoms with E-state index in [2.05, 4.69) is 4.90 Å². The molecule has 44 heavy (non-hydrogen) atoms. The van der Waals surface area contributed by atoms with Crippen molar-refractivity contribution in [1.82, 2.24) is 19.6 Å². The van der Waals surface area contributed by atoms with Gasteiger partial charge in [0.25, 0.3) is 0 Å². The quantitative estimate of drug-likeness (QED) is 0.350. The number of hydrogen-bond acceptors (Lipinski definition) is 3. The van der Waals surface area contributed by atoms with Crippen LogP contribution in [0, 0.1) is 12.7 Å². The molecule has 3 aliphatic heterocycles. The average Bonchev–Trinajstić information content (AvgIpc) is 3.34. The lowest BCUT2D eigenvalue weighted by Gasteiger charge is -2.48. The second kappa shape index (κ2) is 11.9. The highest BCUT2D eigenvalue weighted by molar-refractivity contribution is 5.79. The zero-order chi connectivity index (χ0) is 32.1. The molecule has 2 aromatic rings. The van der Waals surface area contributed by atoms with E-state index in [4.69, 9.17) is 0 Å². The zero-order valence-corrected chi connectivity index (χ0v) is 24.7. The lowest BCUT2D eigenvalue weighted by atomic mass is 9.88. The van der Waals surface area contributed by atoms with Gasteiger partial charge in [0.05, 0.1) is 23.2 Å². The van der Waals surface area contributed by atoms with Gasteiger partial charge in [0.1, 0.15) is 5.82 Å². The van der Waals surface area contributed by atoms with Gasteiger partial charge >= 0.3 is 18.4 Å². The minimum absolute atomic E-state index is 0.0619. The van der Waals surface area contributed by atoms with Gasteiger partial charge in [-0.3, -0.25) is 9.69 Å². The fourth-order valence-electron chi connectivity index (χ4n) is 6.85. The van der Waals surface area contributed by atoms with Crippen molar-refractivity contribution in [1.29, 1.82) is 0 Å². The lowest BCUT2D eigenvalue weighted by Crippen LogP contribution is -2.57. The summed E-state index contributed by atoms with van der Waals surface area (Å²) >= 11 is 0. The number of benzene rings is 2. The van der Waals surface area contributed by atoms with Crippen LogP contribution in [-0.2, 0) is 17.1 Å². The van der Waals surface area contributed by atoms with Crippen LogP contribution in [0.5, 0.6) is 0 Å². The molecule has 0 aromatic heterocycles. The molecule has 0 radical (unpaired) electrons. The highest BCUT2D eigenvalue weighted by atomic mass is 19.4. The van der Waals surface area contributed by atoms with Crippen LogP contribution < -0.4 is 0 Å². The van der Waals surface area contributed by atoms with E-state index in [-0.39, 0.29) is 36.2 Å². The average molecular weight is 629 g/mol. The summed E-state index contributed by atoms with van der Waals surface area (Å²) in [4.78, 5) is 33.2. The van der Waals surface area contributed by atoms with Crippen molar-refractivity contribution in [3.05, 3.63) is 70.0 Å². The van der Waals surface area contributed by atoms with Crippen LogP contribution in [0.1, 0.15) is 72.5 Å². The molecule has 3 amide bonds. The second-order valence-electron chi connectivity index (χ2n) is 12.1. The Labute approximate surface area is 251 Å². The van der Waals surface area contributed by atoms with Crippen molar-refractivity contribution in [2.75, 3.05) is 33.2 Å². The van der Waals surface area contributed by atoms with Gasteiger partial charge in [0, 0.05) is 51.7 Å². The third-order valence-corrected chi connectivity index (χ3v) is 9.43. The van der Waals surface area contributed by atoms with Gasteiger partial charge in [-0.05, 0) is 80.1 Å². The van der Waals surface area contributed by atoms with E-state index in [1.165, 1.54) is 26.1 Å². The van der Waals surface area contributed by atoms with E-state index < -0.39 is 47.4 Å². The van der Waals surface area contributed by atoms with Gasteiger partial charge in [0.2, 0.25) is 5.91 Å². The number of urea groups is 1. The van der Waals surface area contributed by atoms with Crippen molar-refractivity contribution in [3.63, 3.8) is 0 Å². The van der Waals surface area contributed by atoms with E-state index in [0.29, 0.717) is 56.6 Å². The molecule has 240 valence electrons. The number of hydrogen-bond donors (Lipinski definition) is 0. The van der Waals surface area contributed by atoms with Crippen LogP contribution in [0.3, 0.4) is 0 Å². The van der Waals surface area contributed by atoms with Crippen LogP contribution in [-0.4, -0.2) is 76.8 Å². The van der Waals surface area contributed by atoms with E-state index in [0.717, 1.165) is 16.9 Å². The largest absolute Gasteiger partial charge is 0.416 e. The number of carbonyl (C=O) groups is 2. The molecule has 3 fully saturated rings. The summed E-state index contributed by atoms with van der Waals surface area (Å²) in [6.45, 7) is 5.43. The van der Waals surface area contributed by atoms with Gasteiger partial charge < -0.3 is 14.7 Å². The summed E-state index contributed by atoms with van der Waals surface area (Å²) in [6.07, 6.45) is -7.60. The van der Waals surface area contributed by atoms with E-state index in [9.17, 15) is 40.3 Å². The Morgan fingerprint density at radius 2 is 1.59 bits per heavy atom. The Morgan fingerprint density at radius 3 is 2.20 bits per heavy atom. The first kappa shape index (κ1) is 32.1. The standard InChI is InChI=1S/C31H35F7N4O2/c1-18-12-23(32)4-6-26(18)27-16-24(40-10-11-41-25(17-40)5-7-28(41)43)8-9-42(27)29(44)39(3)19(2)20-13-21(30(33,34)35)15-22(14-20)31(36,37)38/h4,6,12-15,19,24-25,27H,5,7-11,16-17H2,1-3H3/t19-,24-,25-,27-/m1/s1. The molecule has 3 aliphatic rings. The molecule has 0 unspecified atom stereocenters. The summed E-state index contributed by atoms with van der Waals surface area (Å²) in [5, 5.41) is 0. The molecule has 6 nitrogen and oxygen atoms in total. The first-order valence-electron chi connectivity index (χ1n) is 14.7. The predicted octanol–water partition coefficient (Wildman–Crippen LogP) is 6.80. The number of halogens is 7. The van der Waals surface area contributed by atoms with Crippen molar-refractivity contribution >= 4 is 11.9 Å². The van der Waals surface area contributed by atoms with Crippen LogP contribution in [0.2, 0.25) is 0 Å². The molecular weight excluding hydrogens is 593 g/mol. The maximum atomic E-state index is 14.1. The number of piperidine rings is 1. The number of aryl methyl sites for hydroxylation is 1. The van der Waals surface area contributed by atoms with Gasteiger partial charge in [-0.2, -0.15) is 26.3 Å². The number of carbonyl (C=O) groups excluding carboxylic acids is 2. The minimum Gasteiger partial charge on any atom is -0.337 e. The van der Waals surface area contributed by atoms with Crippen LogP contribution in [0.15, 0.2) is 36.4 Å². The maximum Gasteiger partial charge on any atom is 0.416 e. The Kier molecular flexibility index (Phi) is 8.65. The summed E-state index contributed by atoms with van der Waals surface area (Å²) in [6, 6.07) is 3.68. The third kappa shape index (κ3) is 6.38.